The Bertz CT molecular complexity index is 3100. The van der Waals surface area contributed by atoms with Crippen LogP contribution in [0, 0.1) is 0 Å². The van der Waals surface area contributed by atoms with Gasteiger partial charge in [-0.2, -0.15) is 0 Å². The monoisotopic (exact) mass is 769 g/mol. The lowest BCUT2D eigenvalue weighted by Crippen LogP contribution is -2.32. The standard InChI is InChI=1S/C58H43NO/c1-57(2)48-24-12-9-22-44(48)46-32-30-41(36-51(46)57)59(54-27-15-11-21-43(54)39-19-7-4-8-20-39)42-31-33-47-45-23-10-13-25-49(45)58(52(47)37-42)50-26-14-16-28-55(50)60-56-34-29-40(35-53(56)58)38-17-5-3-6-18-38/h3-9,11-12,14-37H,10,13H2,1-2H3. The first kappa shape index (κ1) is 34.8. The summed E-state index contributed by atoms with van der Waals surface area (Å²) in [6.45, 7) is 4.74. The van der Waals surface area contributed by atoms with Crippen LogP contribution in [0.25, 0.3) is 39.0 Å². The molecule has 0 saturated heterocycles. The number of hydrogen-bond acceptors (Lipinski definition) is 2. The highest BCUT2D eigenvalue weighted by Gasteiger charge is 2.53. The molecule has 12 rings (SSSR count). The Morgan fingerprint density at radius 2 is 1.02 bits per heavy atom. The molecule has 0 saturated carbocycles. The van der Waals surface area contributed by atoms with Crippen molar-refractivity contribution in [1.82, 2.24) is 0 Å². The Hall–Kier alpha value is -7.16. The number of nitrogens with zero attached hydrogens (tertiary/aromatic N) is 1. The molecule has 1 unspecified atom stereocenters. The number of allylic oxidation sites excluding steroid dienone is 4. The number of para-hydroxylation sites is 2. The maximum Gasteiger partial charge on any atom is 0.132 e. The molecule has 0 bridgehead atoms. The third-order valence-corrected chi connectivity index (χ3v) is 13.6. The molecule has 3 aliphatic carbocycles. The van der Waals surface area contributed by atoms with Gasteiger partial charge in [-0.1, -0.05) is 166 Å². The molecule has 0 aromatic heterocycles. The van der Waals surface area contributed by atoms with Crippen molar-refractivity contribution in [2.24, 2.45) is 0 Å². The molecule has 2 heteroatoms. The summed E-state index contributed by atoms with van der Waals surface area (Å²) in [5, 5.41) is 0. The van der Waals surface area contributed by atoms with Crippen LogP contribution in [0.2, 0.25) is 0 Å². The van der Waals surface area contributed by atoms with Crippen LogP contribution in [0.5, 0.6) is 11.5 Å². The van der Waals surface area contributed by atoms with Crippen molar-refractivity contribution in [3.63, 3.8) is 0 Å². The van der Waals surface area contributed by atoms with Gasteiger partial charge in [0, 0.05) is 33.5 Å². The fraction of sp³-hybridized carbons (Fsp3) is 0.103. The second kappa shape index (κ2) is 13.2. The first-order chi connectivity index (χ1) is 29.5. The highest BCUT2D eigenvalue weighted by Crippen LogP contribution is 2.65. The lowest BCUT2D eigenvalue weighted by atomic mass is 9.65. The quantitative estimate of drug-likeness (QED) is 0.173. The lowest BCUT2D eigenvalue weighted by molar-refractivity contribution is 0.436. The fourth-order valence-electron chi connectivity index (χ4n) is 10.9. The molecule has 60 heavy (non-hydrogen) atoms. The number of hydrogen-bond donors (Lipinski definition) is 0. The number of rotatable bonds is 5. The summed E-state index contributed by atoms with van der Waals surface area (Å²) in [4.78, 5) is 2.51. The summed E-state index contributed by atoms with van der Waals surface area (Å²) in [5.74, 6) is 1.82. The third-order valence-electron chi connectivity index (χ3n) is 13.6. The van der Waals surface area contributed by atoms with Gasteiger partial charge in [0.05, 0.1) is 11.1 Å². The fourth-order valence-corrected chi connectivity index (χ4v) is 10.9. The molecule has 4 aliphatic rings. The number of anilines is 3. The van der Waals surface area contributed by atoms with Crippen molar-refractivity contribution in [1.29, 1.82) is 0 Å². The average Bonchev–Trinajstić information content (AvgIpc) is 3.72. The van der Waals surface area contributed by atoms with E-state index in [1.807, 2.05) is 0 Å². The van der Waals surface area contributed by atoms with Gasteiger partial charge < -0.3 is 9.64 Å². The van der Waals surface area contributed by atoms with Crippen LogP contribution in [-0.2, 0) is 10.8 Å². The van der Waals surface area contributed by atoms with E-state index in [0.29, 0.717) is 0 Å². The molecule has 8 aromatic carbocycles. The second-order valence-electron chi connectivity index (χ2n) is 17.1. The molecule has 0 N–H and O–H groups in total. The van der Waals surface area contributed by atoms with E-state index >= 15 is 0 Å². The third kappa shape index (κ3) is 4.94. The van der Waals surface area contributed by atoms with E-state index < -0.39 is 5.41 Å². The van der Waals surface area contributed by atoms with Gasteiger partial charge in [-0.3, -0.25) is 0 Å². The molecule has 1 heterocycles. The minimum atomic E-state index is -0.585. The molecular weight excluding hydrogens is 727 g/mol. The Morgan fingerprint density at radius 1 is 0.417 bits per heavy atom. The summed E-state index contributed by atoms with van der Waals surface area (Å²) >= 11 is 0. The second-order valence-corrected chi connectivity index (χ2v) is 17.1. The normalized spacial score (nSPS) is 17.2. The lowest BCUT2D eigenvalue weighted by Gasteiger charge is -2.40. The number of benzene rings is 8. The van der Waals surface area contributed by atoms with Crippen LogP contribution in [0.3, 0.4) is 0 Å². The van der Waals surface area contributed by atoms with Gasteiger partial charge in [0.2, 0.25) is 0 Å². The molecule has 1 atom stereocenters. The van der Waals surface area contributed by atoms with E-state index in [2.05, 4.69) is 219 Å². The summed E-state index contributed by atoms with van der Waals surface area (Å²) < 4.78 is 6.86. The zero-order chi connectivity index (χ0) is 40.0. The van der Waals surface area contributed by atoms with Crippen molar-refractivity contribution >= 4 is 22.6 Å². The van der Waals surface area contributed by atoms with Gasteiger partial charge in [0.15, 0.2) is 0 Å². The molecule has 0 fully saturated rings. The van der Waals surface area contributed by atoms with Gasteiger partial charge in [0.25, 0.3) is 0 Å². The minimum absolute atomic E-state index is 0.144. The Kier molecular flexibility index (Phi) is 7.65. The maximum absolute atomic E-state index is 6.86. The zero-order valence-electron chi connectivity index (χ0n) is 33.8. The SMILES string of the molecule is CC1(C)c2ccccc2-c2ccc(N(c3ccc4c(c3)C3(C5=CCCC=C54)c4ccccc4Oc4ccc(-c5ccccc5)cc43)c3ccccc3-c3ccccc3)cc21. The van der Waals surface area contributed by atoms with E-state index in [0.717, 1.165) is 41.4 Å². The van der Waals surface area contributed by atoms with E-state index in [9.17, 15) is 0 Å². The topological polar surface area (TPSA) is 12.5 Å². The molecule has 0 radical (unpaired) electrons. The molecule has 286 valence electrons. The smallest absolute Gasteiger partial charge is 0.132 e. The highest BCUT2D eigenvalue weighted by atomic mass is 16.5. The first-order valence-corrected chi connectivity index (χ1v) is 21.2. The summed E-state index contributed by atoms with van der Waals surface area (Å²) in [5.41, 5.74) is 20.4. The zero-order valence-corrected chi connectivity index (χ0v) is 33.8. The predicted molar refractivity (Wildman–Crippen MR) is 248 cm³/mol. The number of ether oxygens (including phenoxy) is 1. The van der Waals surface area contributed by atoms with Crippen LogP contribution < -0.4 is 9.64 Å². The molecule has 1 spiro atoms. The molecule has 0 amide bonds. The van der Waals surface area contributed by atoms with E-state index in [1.165, 1.54) is 77.9 Å². The van der Waals surface area contributed by atoms with Crippen molar-refractivity contribution in [3.05, 3.63) is 239 Å². The largest absolute Gasteiger partial charge is 0.457 e. The predicted octanol–water partition coefficient (Wildman–Crippen LogP) is 15.4. The van der Waals surface area contributed by atoms with Crippen molar-refractivity contribution < 1.29 is 4.74 Å². The summed E-state index contributed by atoms with van der Waals surface area (Å²) in [6, 6.07) is 69.3. The van der Waals surface area contributed by atoms with Crippen molar-refractivity contribution in [2.45, 2.75) is 37.5 Å². The van der Waals surface area contributed by atoms with Crippen LogP contribution >= 0.6 is 0 Å². The van der Waals surface area contributed by atoms with Crippen LogP contribution in [-0.4, -0.2) is 0 Å². The summed E-state index contributed by atoms with van der Waals surface area (Å²) in [6.07, 6.45) is 7.01. The highest BCUT2D eigenvalue weighted by molar-refractivity contribution is 5.99. The van der Waals surface area contributed by atoms with Crippen molar-refractivity contribution in [2.75, 3.05) is 4.90 Å². The Morgan fingerprint density at radius 3 is 1.82 bits per heavy atom. The molecular formula is C58H43NO. The summed E-state index contributed by atoms with van der Waals surface area (Å²) in [7, 11) is 0. The van der Waals surface area contributed by atoms with Gasteiger partial charge in [0.1, 0.15) is 11.5 Å². The van der Waals surface area contributed by atoms with E-state index in [1.54, 1.807) is 0 Å². The first-order valence-electron chi connectivity index (χ1n) is 21.2. The Labute approximate surface area is 352 Å². The van der Waals surface area contributed by atoms with Gasteiger partial charge in [-0.05, 0) is 123 Å². The average molecular weight is 770 g/mol. The molecule has 2 nitrogen and oxygen atoms in total. The number of fused-ring (bicyclic) bond motifs is 12. The van der Waals surface area contributed by atoms with E-state index in [4.69, 9.17) is 4.74 Å². The molecule has 8 aromatic rings. The minimum Gasteiger partial charge on any atom is -0.457 e. The van der Waals surface area contributed by atoms with Crippen molar-refractivity contribution in [3.8, 4) is 44.9 Å². The molecule has 1 aliphatic heterocycles. The van der Waals surface area contributed by atoms with Gasteiger partial charge in [-0.25, -0.2) is 0 Å². The Balaban J connectivity index is 1.14. The van der Waals surface area contributed by atoms with Gasteiger partial charge >= 0.3 is 0 Å². The maximum atomic E-state index is 6.86. The van der Waals surface area contributed by atoms with Gasteiger partial charge in [-0.15, -0.1) is 0 Å². The van der Waals surface area contributed by atoms with Crippen LogP contribution in [0.1, 0.15) is 60.1 Å². The van der Waals surface area contributed by atoms with Crippen LogP contribution in [0.4, 0.5) is 17.1 Å². The van der Waals surface area contributed by atoms with Crippen LogP contribution in [0.15, 0.2) is 206 Å². The van der Waals surface area contributed by atoms with E-state index in [-0.39, 0.29) is 5.41 Å².